The molecule has 0 aliphatic heterocycles. The van der Waals surface area contributed by atoms with Gasteiger partial charge in [-0.15, -0.1) is 0 Å². The van der Waals surface area contributed by atoms with E-state index in [0.29, 0.717) is 0 Å². The molecule has 0 amide bonds. The van der Waals surface area contributed by atoms with Crippen LogP contribution in [0.1, 0.15) is 63.9 Å². The second-order valence-corrected chi connectivity index (χ2v) is 8.10. The van der Waals surface area contributed by atoms with Crippen LogP contribution in [0.5, 0.6) is 11.5 Å². The fraction of sp³-hybridized carbons (Fsp3) is 0.609. The van der Waals surface area contributed by atoms with Gasteiger partial charge in [0.2, 0.25) is 0 Å². The van der Waals surface area contributed by atoms with Crippen molar-refractivity contribution in [1.82, 2.24) is 0 Å². The molecule has 0 saturated heterocycles. The molecular weight excluding hydrogens is 338 g/mol. The largest absolute Gasteiger partial charge is 0.493 e. The van der Waals surface area contributed by atoms with Crippen molar-refractivity contribution in [2.45, 2.75) is 69.8 Å². The number of ether oxygens (including phenoxy) is 2. The lowest BCUT2D eigenvalue weighted by molar-refractivity contribution is 0.200. The van der Waals surface area contributed by atoms with Crippen molar-refractivity contribution in [3.63, 3.8) is 0 Å². The van der Waals surface area contributed by atoms with Gasteiger partial charge in [-0.3, -0.25) is 0 Å². The van der Waals surface area contributed by atoms with Crippen LogP contribution in [0, 0.1) is 17.2 Å². The fourth-order valence-corrected chi connectivity index (χ4v) is 4.44. The zero-order valence-corrected chi connectivity index (χ0v) is 16.5. The third kappa shape index (κ3) is 4.47. The molecule has 0 bridgehead atoms. The van der Waals surface area contributed by atoms with Crippen LogP contribution in [0.25, 0.3) is 0 Å². The zero-order valence-electron chi connectivity index (χ0n) is 16.5. The highest BCUT2D eigenvalue weighted by Gasteiger charge is 2.37. The predicted molar refractivity (Wildman–Crippen MR) is 106 cm³/mol. The Kier molecular flexibility index (Phi) is 6.44. The van der Waals surface area contributed by atoms with Crippen molar-refractivity contribution in [3.05, 3.63) is 35.4 Å². The summed E-state index contributed by atoms with van der Waals surface area (Å²) < 4.78 is 11.8. The number of aliphatic hydroxyl groups excluding tert-OH is 1. The van der Waals surface area contributed by atoms with Crippen molar-refractivity contribution in [3.8, 4) is 17.6 Å². The van der Waals surface area contributed by atoms with Crippen LogP contribution in [0.15, 0.2) is 29.8 Å². The first kappa shape index (κ1) is 19.8. The summed E-state index contributed by atoms with van der Waals surface area (Å²) in [6.07, 6.45) is 10.6. The third-order valence-electron chi connectivity index (χ3n) is 5.96. The zero-order chi connectivity index (χ0) is 19.3. The van der Waals surface area contributed by atoms with Crippen LogP contribution in [-0.4, -0.2) is 24.9 Å². The van der Waals surface area contributed by atoms with E-state index in [2.05, 4.69) is 12.1 Å². The summed E-state index contributed by atoms with van der Waals surface area (Å²) in [7, 11) is 1.66. The molecule has 4 heteroatoms. The summed E-state index contributed by atoms with van der Waals surface area (Å²) in [6, 6.07) is 8.59. The number of hydrogen-bond acceptors (Lipinski definition) is 4. The molecule has 2 fully saturated rings. The fourth-order valence-electron chi connectivity index (χ4n) is 4.44. The Bertz CT molecular complexity index is 715. The Hall–Kier alpha value is -1.99. The Morgan fingerprint density at radius 2 is 2.07 bits per heavy atom. The van der Waals surface area contributed by atoms with Crippen LogP contribution in [0.2, 0.25) is 0 Å². The molecule has 1 N–H and O–H groups in total. The van der Waals surface area contributed by atoms with Gasteiger partial charge in [0.25, 0.3) is 0 Å². The third-order valence-corrected chi connectivity index (χ3v) is 5.96. The normalized spacial score (nSPS) is 25.9. The molecule has 27 heavy (non-hydrogen) atoms. The summed E-state index contributed by atoms with van der Waals surface area (Å²) in [4.78, 5) is 0. The van der Waals surface area contributed by atoms with Gasteiger partial charge in [-0.05, 0) is 75.0 Å². The average Bonchev–Trinajstić information content (AvgIpc) is 3.21. The van der Waals surface area contributed by atoms with E-state index in [0.717, 1.165) is 55.6 Å². The number of rotatable bonds is 6. The maximum Gasteiger partial charge on any atom is 0.161 e. The van der Waals surface area contributed by atoms with Crippen LogP contribution < -0.4 is 9.47 Å². The maximum atomic E-state index is 10.1. The van der Waals surface area contributed by atoms with Crippen LogP contribution in [-0.2, 0) is 5.41 Å². The van der Waals surface area contributed by atoms with Crippen LogP contribution in [0.3, 0.4) is 0 Å². The monoisotopic (exact) mass is 369 g/mol. The lowest BCUT2D eigenvalue weighted by atomic mass is 9.68. The van der Waals surface area contributed by atoms with Crippen LogP contribution >= 0.6 is 0 Å². The van der Waals surface area contributed by atoms with Gasteiger partial charge in [-0.2, -0.15) is 5.26 Å². The van der Waals surface area contributed by atoms with Gasteiger partial charge in [0.05, 0.1) is 24.7 Å². The molecular formula is C23H31NO3. The first-order valence-electron chi connectivity index (χ1n) is 10.2. The molecule has 2 aliphatic carbocycles. The lowest BCUT2D eigenvalue weighted by Gasteiger charge is -2.34. The molecule has 146 valence electrons. The molecule has 2 saturated carbocycles. The summed E-state index contributed by atoms with van der Waals surface area (Å²) in [5, 5.41) is 19.5. The van der Waals surface area contributed by atoms with Gasteiger partial charge in [0.15, 0.2) is 11.5 Å². The molecule has 4 nitrogen and oxygen atoms in total. The van der Waals surface area contributed by atoms with Gasteiger partial charge in [0.1, 0.15) is 0 Å². The van der Waals surface area contributed by atoms with Crippen molar-refractivity contribution in [1.29, 1.82) is 5.26 Å². The Morgan fingerprint density at radius 3 is 2.74 bits per heavy atom. The van der Waals surface area contributed by atoms with Gasteiger partial charge in [0, 0.05) is 6.61 Å². The number of hydrogen-bond donors (Lipinski definition) is 1. The van der Waals surface area contributed by atoms with Crippen molar-refractivity contribution < 1.29 is 14.6 Å². The number of aliphatic hydroxyl groups is 1. The summed E-state index contributed by atoms with van der Waals surface area (Å²) in [5.41, 5.74) is 1.76. The SMILES string of the molecule is COc1ccc(C2(C#N)CCCC(=CC(C)CO)C2)cc1OC1CCCC1. The van der Waals surface area contributed by atoms with Crippen molar-refractivity contribution in [2.75, 3.05) is 13.7 Å². The first-order chi connectivity index (χ1) is 13.1. The minimum Gasteiger partial charge on any atom is -0.493 e. The lowest BCUT2D eigenvalue weighted by Crippen LogP contribution is -2.28. The number of nitrogens with zero attached hydrogens (tertiary/aromatic N) is 1. The molecule has 1 aromatic rings. The topological polar surface area (TPSA) is 62.5 Å². The minimum atomic E-state index is -0.528. The van der Waals surface area contributed by atoms with E-state index in [4.69, 9.17) is 9.47 Å². The predicted octanol–water partition coefficient (Wildman–Crippen LogP) is 4.91. The quantitative estimate of drug-likeness (QED) is 0.724. The van der Waals surface area contributed by atoms with E-state index in [9.17, 15) is 10.4 Å². The second-order valence-electron chi connectivity index (χ2n) is 8.10. The van der Waals surface area contributed by atoms with E-state index in [1.807, 2.05) is 25.1 Å². The van der Waals surface area contributed by atoms with E-state index in [1.165, 1.54) is 18.4 Å². The standard InChI is InChI=1S/C23H31NO3/c1-17(15-25)12-18-6-5-11-23(14-18,16-24)19-9-10-21(26-2)22(13-19)27-20-7-3-4-8-20/h9-10,12-13,17,20,25H,3-8,11,14-15H2,1-2H3. The highest BCUT2D eigenvalue weighted by molar-refractivity contribution is 5.48. The molecule has 3 rings (SSSR count). The summed E-state index contributed by atoms with van der Waals surface area (Å²) >= 11 is 0. The Balaban J connectivity index is 1.90. The van der Waals surface area contributed by atoms with E-state index >= 15 is 0 Å². The molecule has 0 radical (unpaired) electrons. The average molecular weight is 370 g/mol. The van der Waals surface area contributed by atoms with E-state index < -0.39 is 5.41 Å². The van der Waals surface area contributed by atoms with Crippen molar-refractivity contribution >= 4 is 0 Å². The summed E-state index contributed by atoms with van der Waals surface area (Å²) in [6.45, 7) is 2.15. The number of nitriles is 1. The van der Waals surface area contributed by atoms with Crippen LogP contribution in [0.4, 0.5) is 0 Å². The van der Waals surface area contributed by atoms with Gasteiger partial charge < -0.3 is 14.6 Å². The molecule has 1 aromatic carbocycles. The minimum absolute atomic E-state index is 0.131. The Labute approximate surface area is 162 Å². The molecule has 0 heterocycles. The number of methoxy groups -OCH3 is 1. The maximum absolute atomic E-state index is 10.1. The number of allylic oxidation sites excluding steroid dienone is 1. The second kappa shape index (κ2) is 8.80. The molecule has 0 aromatic heterocycles. The highest BCUT2D eigenvalue weighted by Crippen LogP contribution is 2.44. The molecule has 0 spiro atoms. The summed E-state index contributed by atoms with van der Waals surface area (Å²) in [5.74, 6) is 1.63. The number of benzene rings is 1. The smallest absolute Gasteiger partial charge is 0.161 e. The molecule has 2 aliphatic rings. The Morgan fingerprint density at radius 1 is 1.30 bits per heavy atom. The van der Waals surface area contributed by atoms with Gasteiger partial charge in [-0.25, -0.2) is 0 Å². The van der Waals surface area contributed by atoms with E-state index in [-0.39, 0.29) is 18.6 Å². The van der Waals surface area contributed by atoms with E-state index in [1.54, 1.807) is 7.11 Å². The van der Waals surface area contributed by atoms with Gasteiger partial charge >= 0.3 is 0 Å². The molecule has 2 atom stereocenters. The van der Waals surface area contributed by atoms with Gasteiger partial charge in [-0.1, -0.05) is 24.6 Å². The highest BCUT2D eigenvalue weighted by atomic mass is 16.5. The van der Waals surface area contributed by atoms with Crippen molar-refractivity contribution in [2.24, 2.45) is 5.92 Å². The molecule has 2 unspecified atom stereocenters. The first-order valence-corrected chi connectivity index (χ1v) is 10.2.